The molecule has 0 N–H and O–H groups in total. The summed E-state index contributed by atoms with van der Waals surface area (Å²) in [5, 5.41) is -0.292. The maximum atomic E-state index is 12.1. The van der Waals surface area contributed by atoms with Gasteiger partial charge in [0.1, 0.15) is 0 Å². The number of hydrogen-bond acceptors (Lipinski definition) is 6. The van der Waals surface area contributed by atoms with Crippen molar-refractivity contribution < 1.29 is 32.3 Å². The smallest absolute Gasteiger partial charge is 0.450 e. The van der Waals surface area contributed by atoms with Crippen LogP contribution < -0.4 is 0 Å². The van der Waals surface area contributed by atoms with Crippen LogP contribution in [0.1, 0.15) is 6.42 Å². The van der Waals surface area contributed by atoms with Crippen LogP contribution in [0.15, 0.2) is 9.93 Å². The number of amides is 1. The number of ether oxygens (including phenoxy) is 1. The quantitative estimate of drug-likeness (QED) is 0.576. The Kier molecular flexibility index (Phi) is 4.05. The largest absolute Gasteiger partial charge is 0.464 e. The van der Waals surface area contributed by atoms with Crippen molar-refractivity contribution in [3.8, 4) is 0 Å². The first-order chi connectivity index (χ1) is 9.25. The van der Waals surface area contributed by atoms with E-state index in [-0.39, 0.29) is 27.6 Å². The van der Waals surface area contributed by atoms with Gasteiger partial charge in [-0.15, -0.1) is 11.8 Å². The third-order valence-electron chi connectivity index (χ3n) is 2.61. The van der Waals surface area contributed by atoms with Gasteiger partial charge in [0.05, 0.1) is 28.9 Å². The summed E-state index contributed by atoms with van der Waals surface area (Å²) in [6.45, 7) is 0. The number of methoxy groups -OCH3 is 1. The number of carbonyl (C=O) groups is 3. The topological polar surface area (TPSA) is 63.7 Å². The van der Waals surface area contributed by atoms with E-state index in [9.17, 15) is 27.6 Å². The fourth-order valence-corrected chi connectivity index (χ4v) is 4.24. The van der Waals surface area contributed by atoms with Crippen molar-refractivity contribution in [2.45, 2.75) is 18.0 Å². The first kappa shape index (κ1) is 15.2. The molecular formula is C10H8F3NO4S2. The van der Waals surface area contributed by atoms with E-state index < -0.39 is 23.7 Å². The average Bonchev–Trinajstić information content (AvgIpc) is 2.66. The van der Waals surface area contributed by atoms with Gasteiger partial charge in [-0.25, -0.2) is 4.79 Å². The van der Waals surface area contributed by atoms with Crippen molar-refractivity contribution >= 4 is 41.2 Å². The highest BCUT2D eigenvalue weighted by molar-refractivity contribution is 8.23. The normalized spacial score (nSPS) is 21.7. The van der Waals surface area contributed by atoms with Crippen LogP contribution in [0.2, 0.25) is 0 Å². The number of nitrogens with zero attached hydrogens (tertiary/aromatic N) is 1. The molecule has 2 heterocycles. The van der Waals surface area contributed by atoms with Crippen molar-refractivity contribution in [3.63, 3.8) is 0 Å². The summed E-state index contributed by atoms with van der Waals surface area (Å²) in [6, 6.07) is 0. The Labute approximate surface area is 119 Å². The number of β-lactam (4-membered cyclic amide) rings is 1. The Bertz CT molecular complexity index is 517. The molecule has 0 spiro atoms. The minimum absolute atomic E-state index is 0.0706. The van der Waals surface area contributed by atoms with Crippen LogP contribution >= 0.6 is 23.5 Å². The molecule has 1 fully saturated rings. The second-order valence-corrected chi connectivity index (χ2v) is 6.31. The number of alkyl halides is 3. The molecule has 2 aliphatic rings. The molecule has 1 saturated heterocycles. The van der Waals surface area contributed by atoms with Gasteiger partial charge in [0, 0.05) is 0 Å². The van der Waals surface area contributed by atoms with Crippen LogP contribution in [-0.2, 0) is 19.1 Å². The molecule has 0 saturated carbocycles. The number of carbonyl (C=O) groups excluding carboxylic acids is 3. The highest BCUT2D eigenvalue weighted by atomic mass is 32.2. The van der Waals surface area contributed by atoms with Crippen molar-refractivity contribution in [2.24, 2.45) is 0 Å². The van der Waals surface area contributed by atoms with E-state index in [1.165, 1.54) is 4.90 Å². The van der Waals surface area contributed by atoms with E-state index in [0.29, 0.717) is 11.8 Å². The van der Waals surface area contributed by atoms with Gasteiger partial charge < -0.3 is 4.74 Å². The molecule has 0 aromatic rings. The van der Waals surface area contributed by atoms with Crippen LogP contribution in [0, 0.1) is 0 Å². The van der Waals surface area contributed by atoms with Gasteiger partial charge in [0.2, 0.25) is 11.7 Å². The number of ketones is 1. The molecule has 5 nitrogen and oxygen atoms in total. The number of thioether (sulfide) groups is 2. The minimum atomic E-state index is -4.91. The average molecular weight is 327 g/mol. The third kappa shape index (κ3) is 2.66. The predicted octanol–water partition coefficient (Wildman–Crippen LogP) is 1.50. The van der Waals surface area contributed by atoms with E-state index >= 15 is 0 Å². The van der Waals surface area contributed by atoms with Crippen molar-refractivity contribution in [2.75, 3.05) is 12.9 Å². The van der Waals surface area contributed by atoms with Crippen molar-refractivity contribution in [3.05, 3.63) is 9.93 Å². The van der Waals surface area contributed by atoms with E-state index in [2.05, 4.69) is 4.74 Å². The van der Waals surface area contributed by atoms with Gasteiger partial charge in [-0.1, -0.05) is 11.8 Å². The lowest BCUT2D eigenvalue weighted by atomic mass is 10.2. The molecule has 0 unspecified atom stereocenters. The first-order valence-electron chi connectivity index (χ1n) is 5.30. The Balaban J connectivity index is 2.13. The zero-order valence-electron chi connectivity index (χ0n) is 10.0. The molecule has 0 aromatic heterocycles. The van der Waals surface area contributed by atoms with Gasteiger partial charge in [-0.05, 0) is 0 Å². The molecule has 0 aromatic carbocycles. The highest BCUT2D eigenvalue weighted by Gasteiger charge is 2.49. The van der Waals surface area contributed by atoms with Gasteiger partial charge >= 0.3 is 12.1 Å². The summed E-state index contributed by atoms with van der Waals surface area (Å²) in [7, 11) is 1.11. The highest BCUT2D eigenvalue weighted by Crippen LogP contribution is 2.50. The number of esters is 1. The molecule has 0 bridgehead atoms. The standard InChI is InChI=1S/C10H8F3NO4S2/c1-18-8(17)7-9(19-3-4(15)10(11,12)13)20-6-2-5(16)14(6)7/h6H,2-3H2,1H3/t6-/m0/s1. The number of fused-ring (bicyclic) bond motifs is 1. The number of rotatable bonds is 4. The number of hydrogen-bond donors (Lipinski definition) is 0. The number of halogens is 3. The SMILES string of the molecule is COC(=O)C1=C(SCC(=O)C(F)(F)F)S[C@H]2CC(=O)N12. The third-order valence-corrected chi connectivity index (χ3v) is 5.17. The maximum Gasteiger partial charge on any atom is 0.450 e. The Morgan fingerprint density at radius 3 is 2.65 bits per heavy atom. The maximum absolute atomic E-state index is 12.1. The summed E-state index contributed by atoms with van der Waals surface area (Å²) < 4.78 is 41.1. The summed E-state index contributed by atoms with van der Waals surface area (Å²) in [4.78, 5) is 35.0. The molecule has 0 aliphatic carbocycles. The fourth-order valence-electron chi connectivity index (χ4n) is 1.62. The van der Waals surface area contributed by atoms with Crippen LogP contribution in [0.4, 0.5) is 13.2 Å². The number of Topliss-reactive ketones (excluding diaryl/α,β-unsaturated/α-hetero) is 1. The molecule has 0 radical (unpaired) electrons. The molecule has 2 aliphatic heterocycles. The molecule has 20 heavy (non-hydrogen) atoms. The van der Waals surface area contributed by atoms with Crippen molar-refractivity contribution in [1.82, 2.24) is 4.90 Å². The first-order valence-corrected chi connectivity index (χ1v) is 7.16. The lowest BCUT2D eigenvalue weighted by molar-refractivity contribution is -0.167. The van der Waals surface area contributed by atoms with Gasteiger partial charge in [-0.2, -0.15) is 13.2 Å². The minimum Gasteiger partial charge on any atom is -0.464 e. The summed E-state index contributed by atoms with van der Waals surface area (Å²) in [6.07, 6.45) is -4.69. The fraction of sp³-hybridized carbons (Fsp3) is 0.500. The molecule has 1 amide bonds. The van der Waals surface area contributed by atoms with Gasteiger partial charge in [0.15, 0.2) is 5.70 Å². The Morgan fingerprint density at radius 1 is 1.50 bits per heavy atom. The monoisotopic (exact) mass is 327 g/mol. The lowest BCUT2D eigenvalue weighted by Crippen LogP contribution is -2.48. The molecular weight excluding hydrogens is 319 g/mol. The van der Waals surface area contributed by atoms with Crippen LogP contribution in [0.3, 0.4) is 0 Å². The van der Waals surface area contributed by atoms with E-state index in [1.807, 2.05) is 0 Å². The Morgan fingerprint density at radius 2 is 2.15 bits per heavy atom. The van der Waals surface area contributed by atoms with Crippen LogP contribution in [-0.4, -0.2) is 47.0 Å². The molecule has 10 heteroatoms. The summed E-state index contributed by atoms with van der Waals surface area (Å²) in [5.74, 6) is -3.81. The van der Waals surface area contributed by atoms with E-state index in [0.717, 1.165) is 18.9 Å². The van der Waals surface area contributed by atoms with Crippen molar-refractivity contribution in [1.29, 1.82) is 0 Å². The molecule has 1 atom stereocenters. The van der Waals surface area contributed by atoms with Crippen LogP contribution in [0.25, 0.3) is 0 Å². The summed E-state index contributed by atoms with van der Waals surface area (Å²) in [5.41, 5.74) is -0.0706. The van der Waals surface area contributed by atoms with E-state index in [4.69, 9.17) is 0 Å². The summed E-state index contributed by atoms with van der Waals surface area (Å²) >= 11 is 1.69. The zero-order valence-corrected chi connectivity index (χ0v) is 11.7. The Hall–Kier alpha value is -1.16. The molecule has 110 valence electrons. The second kappa shape index (κ2) is 5.32. The zero-order chi connectivity index (χ0) is 15.1. The van der Waals surface area contributed by atoms with Crippen LogP contribution in [0.5, 0.6) is 0 Å². The predicted molar refractivity (Wildman–Crippen MR) is 65.4 cm³/mol. The lowest BCUT2D eigenvalue weighted by Gasteiger charge is -2.34. The van der Waals surface area contributed by atoms with Gasteiger partial charge in [0.25, 0.3) is 0 Å². The van der Waals surface area contributed by atoms with E-state index in [1.54, 1.807) is 0 Å². The van der Waals surface area contributed by atoms with Gasteiger partial charge in [-0.3, -0.25) is 14.5 Å². The second-order valence-electron chi connectivity index (χ2n) is 3.88. The molecule has 2 rings (SSSR count).